The van der Waals surface area contributed by atoms with Gasteiger partial charge in [0, 0.05) is 39.2 Å². The average Bonchev–Trinajstić information content (AvgIpc) is 3.67. The number of carbonyl (C=O) groups excluding carboxylic acids is 1. The number of amides is 1. The number of nitrogens with zero attached hydrogens (tertiary/aromatic N) is 2. The summed E-state index contributed by atoms with van der Waals surface area (Å²) in [5.74, 6) is -0.598. The summed E-state index contributed by atoms with van der Waals surface area (Å²) in [5, 5.41) is 0. The van der Waals surface area contributed by atoms with Gasteiger partial charge in [-0.05, 0) is 67.6 Å². The Hall–Kier alpha value is -2.47. The Kier molecular flexibility index (Phi) is 7.32. The molecule has 1 N–H and O–H groups in total. The van der Waals surface area contributed by atoms with Gasteiger partial charge in [0.1, 0.15) is 5.82 Å². The van der Waals surface area contributed by atoms with E-state index in [0.29, 0.717) is 38.0 Å². The summed E-state index contributed by atoms with van der Waals surface area (Å²) in [5.41, 5.74) is 0.411. The highest BCUT2D eigenvalue weighted by molar-refractivity contribution is 7.89. The number of hydrogen-bond acceptors (Lipinski definition) is 5. The van der Waals surface area contributed by atoms with Gasteiger partial charge in [0.05, 0.1) is 23.1 Å². The number of hydrogen-bond donors (Lipinski definition) is 1. The maximum absolute atomic E-state index is 13.4. The van der Waals surface area contributed by atoms with E-state index in [1.165, 1.54) is 36.4 Å². The number of alkyl halides is 2. The van der Waals surface area contributed by atoms with Crippen molar-refractivity contribution in [1.82, 2.24) is 14.5 Å². The zero-order chi connectivity index (χ0) is 26.2. The van der Waals surface area contributed by atoms with E-state index < -0.39 is 28.2 Å². The fourth-order valence-corrected chi connectivity index (χ4v) is 6.41. The third-order valence-electron chi connectivity index (χ3n) is 7.24. The largest absolute Gasteiger partial charge is 0.364 e. The molecule has 3 aliphatic rings. The molecule has 5 rings (SSSR count). The van der Waals surface area contributed by atoms with Crippen LogP contribution in [-0.4, -0.2) is 74.9 Å². The van der Waals surface area contributed by atoms with E-state index >= 15 is 0 Å². The molecule has 37 heavy (non-hydrogen) atoms. The van der Waals surface area contributed by atoms with E-state index in [1.807, 2.05) is 0 Å². The van der Waals surface area contributed by atoms with E-state index in [0.717, 1.165) is 18.4 Å². The monoisotopic (exact) mass is 539 g/mol. The summed E-state index contributed by atoms with van der Waals surface area (Å²) in [6.07, 6.45) is -0.367. The van der Waals surface area contributed by atoms with Gasteiger partial charge in [0.2, 0.25) is 10.0 Å². The molecule has 3 fully saturated rings. The lowest BCUT2D eigenvalue weighted by Crippen LogP contribution is -2.58. The Balaban J connectivity index is 0.00000336. The van der Waals surface area contributed by atoms with E-state index in [4.69, 9.17) is 4.74 Å². The van der Waals surface area contributed by atoms with Crippen molar-refractivity contribution in [2.45, 2.75) is 54.8 Å². The van der Waals surface area contributed by atoms with Crippen LogP contribution in [0.5, 0.6) is 0 Å². The molecule has 7 nitrogen and oxygen atoms in total. The van der Waals surface area contributed by atoms with Crippen molar-refractivity contribution < 1.29 is 32.5 Å². The zero-order valence-corrected chi connectivity index (χ0v) is 21.1. The molecule has 11 heteroatoms. The van der Waals surface area contributed by atoms with Crippen LogP contribution in [-0.2, 0) is 14.8 Å². The molecule has 1 aliphatic carbocycles. The fraction of sp³-hybridized carbons (Fsp3) is 0.500. The van der Waals surface area contributed by atoms with Gasteiger partial charge in [-0.15, -0.1) is 0 Å². The second kappa shape index (κ2) is 10.4. The number of rotatable bonds is 7. The van der Waals surface area contributed by atoms with Crippen LogP contribution in [0, 0.1) is 5.82 Å². The van der Waals surface area contributed by atoms with Gasteiger partial charge >= 0.3 is 0 Å². The van der Waals surface area contributed by atoms with E-state index in [9.17, 15) is 26.4 Å². The van der Waals surface area contributed by atoms with Crippen LogP contribution in [0.25, 0.3) is 0 Å². The van der Waals surface area contributed by atoms with Crippen LogP contribution in [0.15, 0.2) is 53.4 Å². The lowest BCUT2D eigenvalue weighted by atomic mass is 9.87. The van der Waals surface area contributed by atoms with Crippen LogP contribution in [0.1, 0.15) is 49.1 Å². The highest BCUT2D eigenvalue weighted by atomic mass is 32.2. The normalized spacial score (nSPS) is 22.5. The lowest BCUT2D eigenvalue weighted by Gasteiger charge is -2.50. The first-order chi connectivity index (χ1) is 17.6. The molecule has 2 aliphatic heterocycles. The van der Waals surface area contributed by atoms with Crippen molar-refractivity contribution in [3.8, 4) is 0 Å². The highest BCUT2D eigenvalue weighted by Gasteiger charge is 2.44. The number of carbonyl (C=O) groups is 1. The van der Waals surface area contributed by atoms with Crippen molar-refractivity contribution in [2.24, 2.45) is 0 Å². The Morgan fingerprint density at radius 3 is 2.32 bits per heavy atom. The molecule has 0 bridgehead atoms. The van der Waals surface area contributed by atoms with Crippen molar-refractivity contribution in [3.63, 3.8) is 0 Å². The Morgan fingerprint density at radius 2 is 1.73 bits per heavy atom. The first kappa shape index (κ1) is 26.1. The van der Waals surface area contributed by atoms with Gasteiger partial charge in [-0.1, -0.05) is 12.1 Å². The van der Waals surface area contributed by atoms with Gasteiger partial charge in [-0.2, -0.15) is 0 Å². The third-order valence-corrected chi connectivity index (χ3v) is 8.78. The SMILES string of the molecule is O=C(c1ccc(S(=O)(=O)NC2CC2)cc1)N1CCC2(CC1)CN(CC(F)F)CC(c1ccc(F)cc1)O2.[HH]. The number of halogens is 3. The quantitative estimate of drug-likeness (QED) is 0.579. The van der Waals surface area contributed by atoms with Gasteiger partial charge < -0.3 is 9.64 Å². The minimum atomic E-state index is -3.60. The second-order valence-electron chi connectivity index (χ2n) is 10.1. The van der Waals surface area contributed by atoms with E-state index in [1.54, 1.807) is 21.9 Å². The molecule has 1 saturated carbocycles. The average molecular weight is 540 g/mol. The van der Waals surface area contributed by atoms with Crippen molar-refractivity contribution in [2.75, 3.05) is 32.7 Å². The van der Waals surface area contributed by atoms with Crippen LogP contribution in [0.3, 0.4) is 0 Å². The molecule has 2 aromatic rings. The standard InChI is InChI=1S/C26H30F3N3O4S.H2/c27-20-5-1-18(2-6-20)23-15-31(16-24(28)29)17-26(36-23)11-13-32(14-12-26)25(33)19-3-9-22(10-4-19)37(34,35)30-21-7-8-21;/h1-6,9-10,21,23-24,30H,7-8,11-17H2;1H. The summed E-state index contributed by atoms with van der Waals surface area (Å²) in [7, 11) is -3.60. The second-order valence-corrected chi connectivity index (χ2v) is 11.9. The number of nitrogens with one attached hydrogen (secondary N) is 1. The maximum atomic E-state index is 13.4. The minimum Gasteiger partial charge on any atom is -0.364 e. The smallest absolute Gasteiger partial charge is 0.253 e. The number of ether oxygens (including phenoxy) is 1. The molecular weight excluding hydrogens is 507 g/mol. The number of piperidine rings is 1. The van der Waals surface area contributed by atoms with Crippen LogP contribution >= 0.6 is 0 Å². The van der Waals surface area contributed by atoms with Gasteiger partial charge in [-0.25, -0.2) is 26.3 Å². The summed E-state index contributed by atoms with van der Waals surface area (Å²) in [4.78, 5) is 16.6. The number of likely N-dealkylation sites (tertiary alicyclic amines) is 1. The zero-order valence-electron chi connectivity index (χ0n) is 20.3. The van der Waals surface area contributed by atoms with E-state index in [2.05, 4.69) is 4.72 Å². The summed E-state index contributed by atoms with van der Waals surface area (Å²) >= 11 is 0. The lowest BCUT2D eigenvalue weighted by molar-refractivity contribution is -0.180. The third kappa shape index (κ3) is 6.17. The maximum Gasteiger partial charge on any atom is 0.253 e. The molecule has 0 aromatic heterocycles. The summed E-state index contributed by atoms with van der Waals surface area (Å²) in [6, 6.07) is 11.8. The highest BCUT2D eigenvalue weighted by Crippen LogP contribution is 2.38. The molecule has 2 saturated heterocycles. The summed E-state index contributed by atoms with van der Waals surface area (Å²) < 4.78 is 73.8. The van der Waals surface area contributed by atoms with Crippen LogP contribution in [0.4, 0.5) is 13.2 Å². The number of benzene rings is 2. The number of morpholine rings is 1. The molecule has 1 spiro atoms. The first-order valence-electron chi connectivity index (χ1n) is 12.5. The predicted octanol–water partition coefficient (Wildman–Crippen LogP) is 3.83. The van der Waals surface area contributed by atoms with Gasteiger partial charge in [0.25, 0.3) is 12.3 Å². The molecule has 202 valence electrons. The topological polar surface area (TPSA) is 79.0 Å². The molecule has 2 heterocycles. The fourth-order valence-electron chi connectivity index (χ4n) is 5.11. The van der Waals surface area contributed by atoms with Crippen LogP contribution in [0.2, 0.25) is 0 Å². The minimum absolute atomic E-state index is 0. The van der Waals surface area contributed by atoms with Crippen molar-refractivity contribution in [1.29, 1.82) is 0 Å². The Morgan fingerprint density at radius 1 is 1.08 bits per heavy atom. The first-order valence-corrected chi connectivity index (χ1v) is 14.0. The van der Waals surface area contributed by atoms with Gasteiger partial charge in [0.15, 0.2) is 0 Å². The van der Waals surface area contributed by atoms with Crippen LogP contribution < -0.4 is 4.72 Å². The Bertz CT molecular complexity index is 1220. The summed E-state index contributed by atoms with van der Waals surface area (Å²) in [6.45, 7) is 0.987. The molecule has 1 amide bonds. The van der Waals surface area contributed by atoms with Crippen molar-refractivity contribution in [3.05, 3.63) is 65.5 Å². The molecular formula is C26H32F3N3O4S. The van der Waals surface area contributed by atoms with E-state index in [-0.39, 0.29) is 37.2 Å². The Labute approximate surface area is 216 Å². The van der Waals surface area contributed by atoms with Crippen molar-refractivity contribution >= 4 is 15.9 Å². The molecule has 1 atom stereocenters. The predicted molar refractivity (Wildman–Crippen MR) is 132 cm³/mol. The molecule has 1 unspecified atom stereocenters. The molecule has 2 aromatic carbocycles. The van der Waals surface area contributed by atoms with Gasteiger partial charge in [-0.3, -0.25) is 9.69 Å². The number of sulfonamides is 1. The molecule has 0 radical (unpaired) electrons.